The maximum atomic E-state index is 4.29. The second-order valence-corrected chi connectivity index (χ2v) is 5.35. The lowest BCUT2D eigenvalue weighted by Gasteiger charge is -2.10. The molecule has 1 aromatic rings. The fourth-order valence-corrected chi connectivity index (χ4v) is 2.35. The number of aromatic nitrogens is 2. The quantitative estimate of drug-likeness (QED) is 0.590. The standard InChI is InChI=1S/C16H30N4/c1-4-5-6-7-8-9-10-11-12-18-16-14(2)15(17-3)19-13-20-16/h13H,4-12H2,1-3H3,(H2,17,18,19,20). The van der Waals surface area contributed by atoms with Crippen molar-refractivity contribution >= 4 is 11.6 Å². The normalized spacial score (nSPS) is 10.6. The van der Waals surface area contributed by atoms with E-state index in [9.17, 15) is 0 Å². The van der Waals surface area contributed by atoms with Gasteiger partial charge in [-0.2, -0.15) is 0 Å². The Morgan fingerprint density at radius 2 is 1.50 bits per heavy atom. The Balaban J connectivity index is 2.09. The second kappa shape index (κ2) is 10.5. The summed E-state index contributed by atoms with van der Waals surface area (Å²) in [6, 6.07) is 0. The van der Waals surface area contributed by atoms with Crippen LogP contribution < -0.4 is 10.6 Å². The highest BCUT2D eigenvalue weighted by molar-refractivity contribution is 5.55. The largest absolute Gasteiger partial charge is 0.373 e. The fraction of sp³-hybridized carbons (Fsp3) is 0.750. The summed E-state index contributed by atoms with van der Waals surface area (Å²) in [4.78, 5) is 8.48. The van der Waals surface area contributed by atoms with E-state index >= 15 is 0 Å². The van der Waals surface area contributed by atoms with Gasteiger partial charge in [0.25, 0.3) is 0 Å². The van der Waals surface area contributed by atoms with Crippen molar-refractivity contribution in [2.45, 2.75) is 65.2 Å². The molecule has 0 aromatic carbocycles. The van der Waals surface area contributed by atoms with E-state index in [0.717, 1.165) is 23.7 Å². The highest BCUT2D eigenvalue weighted by Crippen LogP contribution is 2.17. The van der Waals surface area contributed by atoms with Crippen molar-refractivity contribution in [3.63, 3.8) is 0 Å². The third-order valence-corrected chi connectivity index (χ3v) is 3.64. The van der Waals surface area contributed by atoms with E-state index < -0.39 is 0 Å². The first-order chi connectivity index (χ1) is 9.79. The molecule has 1 rings (SSSR count). The summed E-state index contributed by atoms with van der Waals surface area (Å²) in [6.07, 6.45) is 12.4. The number of rotatable bonds is 11. The van der Waals surface area contributed by atoms with Crippen LogP contribution in [0, 0.1) is 6.92 Å². The van der Waals surface area contributed by atoms with Gasteiger partial charge in [0, 0.05) is 19.2 Å². The molecule has 20 heavy (non-hydrogen) atoms. The molecule has 0 aliphatic carbocycles. The van der Waals surface area contributed by atoms with Crippen LogP contribution in [0.1, 0.15) is 63.9 Å². The van der Waals surface area contributed by atoms with Crippen LogP contribution in [0.2, 0.25) is 0 Å². The molecule has 0 spiro atoms. The van der Waals surface area contributed by atoms with Crippen molar-refractivity contribution in [1.29, 1.82) is 0 Å². The van der Waals surface area contributed by atoms with Gasteiger partial charge in [0.05, 0.1) is 0 Å². The molecule has 4 nitrogen and oxygen atoms in total. The van der Waals surface area contributed by atoms with Crippen molar-refractivity contribution in [2.75, 3.05) is 24.2 Å². The third kappa shape index (κ3) is 6.22. The van der Waals surface area contributed by atoms with Gasteiger partial charge < -0.3 is 10.6 Å². The van der Waals surface area contributed by atoms with Gasteiger partial charge in [-0.05, 0) is 13.3 Å². The van der Waals surface area contributed by atoms with Gasteiger partial charge in [0.15, 0.2) is 0 Å². The van der Waals surface area contributed by atoms with E-state index in [-0.39, 0.29) is 0 Å². The fourth-order valence-electron chi connectivity index (χ4n) is 2.35. The Labute approximate surface area is 123 Å². The second-order valence-electron chi connectivity index (χ2n) is 5.35. The summed E-state index contributed by atoms with van der Waals surface area (Å²) < 4.78 is 0. The van der Waals surface area contributed by atoms with Crippen LogP contribution in [0.3, 0.4) is 0 Å². The van der Waals surface area contributed by atoms with Crippen LogP contribution in [-0.2, 0) is 0 Å². The first kappa shape index (κ1) is 16.7. The number of hydrogen-bond acceptors (Lipinski definition) is 4. The lowest BCUT2D eigenvalue weighted by Crippen LogP contribution is -2.07. The molecule has 0 fully saturated rings. The van der Waals surface area contributed by atoms with Crippen molar-refractivity contribution < 1.29 is 0 Å². The Morgan fingerprint density at radius 1 is 0.900 bits per heavy atom. The van der Waals surface area contributed by atoms with E-state index in [4.69, 9.17) is 0 Å². The molecule has 0 saturated carbocycles. The minimum atomic E-state index is 0.901. The van der Waals surface area contributed by atoms with Crippen LogP contribution >= 0.6 is 0 Å². The van der Waals surface area contributed by atoms with E-state index in [1.165, 1.54) is 51.4 Å². The van der Waals surface area contributed by atoms with Gasteiger partial charge in [-0.1, -0.05) is 51.9 Å². The van der Waals surface area contributed by atoms with Gasteiger partial charge >= 0.3 is 0 Å². The van der Waals surface area contributed by atoms with Crippen LogP contribution in [0.15, 0.2) is 6.33 Å². The van der Waals surface area contributed by atoms with Gasteiger partial charge in [0.1, 0.15) is 18.0 Å². The predicted octanol–water partition coefficient (Wildman–Crippen LogP) is 4.38. The molecule has 0 bridgehead atoms. The van der Waals surface area contributed by atoms with Crippen LogP contribution in [0.25, 0.3) is 0 Å². The summed E-state index contributed by atoms with van der Waals surface area (Å²) in [6.45, 7) is 5.30. The zero-order valence-corrected chi connectivity index (χ0v) is 13.3. The molecule has 0 aliphatic rings. The third-order valence-electron chi connectivity index (χ3n) is 3.64. The molecule has 4 heteroatoms. The highest BCUT2D eigenvalue weighted by atomic mass is 15.1. The summed E-state index contributed by atoms with van der Waals surface area (Å²) in [5.74, 6) is 1.85. The van der Waals surface area contributed by atoms with Crippen molar-refractivity contribution in [3.05, 3.63) is 11.9 Å². The molecular weight excluding hydrogens is 248 g/mol. The smallest absolute Gasteiger partial charge is 0.134 e. The van der Waals surface area contributed by atoms with E-state index in [1.54, 1.807) is 6.33 Å². The Hall–Kier alpha value is -1.32. The molecule has 1 aromatic heterocycles. The highest BCUT2D eigenvalue weighted by Gasteiger charge is 2.04. The van der Waals surface area contributed by atoms with Crippen molar-refractivity contribution in [3.8, 4) is 0 Å². The Kier molecular flexibility index (Phi) is 8.76. The summed E-state index contributed by atoms with van der Waals surface area (Å²) in [5, 5.41) is 6.49. The summed E-state index contributed by atoms with van der Waals surface area (Å²) in [5.41, 5.74) is 1.09. The van der Waals surface area contributed by atoms with Gasteiger partial charge in [-0.15, -0.1) is 0 Å². The average Bonchev–Trinajstić information content (AvgIpc) is 2.47. The first-order valence-electron chi connectivity index (χ1n) is 8.02. The molecule has 114 valence electrons. The van der Waals surface area contributed by atoms with Gasteiger partial charge in [-0.3, -0.25) is 0 Å². The van der Waals surface area contributed by atoms with E-state index in [0.29, 0.717) is 0 Å². The lowest BCUT2D eigenvalue weighted by molar-refractivity contribution is 0.581. The van der Waals surface area contributed by atoms with Crippen molar-refractivity contribution in [1.82, 2.24) is 9.97 Å². The molecule has 1 heterocycles. The molecule has 0 atom stereocenters. The minimum absolute atomic E-state index is 0.901. The number of unbranched alkanes of at least 4 members (excludes halogenated alkanes) is 7. The number of hydrogen-bond donors (Lipinski definition) is 2. The number of nitrogens with one attached hydrogen (secondary N) is 2. The maximum Gasteiger partial charge on any atom is 0.134 e. The van der Waals surface area contributed by atoms with E-state index in [2.05, 4.69) is 27.5 Å². The summed E-state index contributed by atoms with van der Waals surface area (Å²) >= 11 is 0. The average molecular weight is 278 g/mol. The maximum absolute atomic E-state index is 4.29. The molecule has 2 N–H and O–H groups in total. The van der Waals surface area contributed by atoms with Gasteiger partial charge in [0.2, 0.25) is 0 Å². The Morgan fingerprint density at radius 3 is 2.15 bits per heavy atom. The predicted molar refractivity (Wildman–Crippen MR) is 87.4 cm³/mol. The minimum Gasteiger partial charge on any atom is -0.373 e. The zero-order valence-electron chi connectivity index (χ0n) is 13.3. The van der Waals surface area contributed by atoms with Crippen molar-refractivity contribution in [2.24, 2.45) is 0 Å². The van der Waals surface area contributed by atoms with Crippen LogP contribution in [0.5, 0.6) is 0 Å². The molecule has 0 unspecified atom stereocenters. The monoisotopic (exact) mass is 278 g/mol. The summed E-state index contributed by atoms with van der Waals surface area (Å²) in [7, 11) is 1.89. The molecular formula is C16H30N4. The number of nitrogens with zero attached hydrogens (tertiary/aromatic N) is 2. The lowest BCUT2D eigenvalue weighted by atomic mass is 10.1. The van der Waals surface area contributed by atoms with E-state index in [1.807, 2.05) is 14.0 Å². The SMILES string of the molecule is CCCCCCCCCCNc1ncnc(NC)c1C. The van der Waals surface area contributed by atoms with Crippen LogP contribution in [-0.4, -0.2) is 23.6 Å². The first-order valence-corrected chi connectivity index (χ1v) is 8.02. The molecule has 0 aliphatic heterocycles. The molecule has 0 saturated heterocycles. The van der Waals surface area contributed by atoms with Crippen LogP contribution in [0.4, 0.5) is 11.6 Å². The molecule has 0 radical (unpaired) electrons. The van der Waals surface area contributed by atoms with Gasteiger partial charge in [-0.25, -0.2) is 9.97 Å². The molecule has 0 amide bonds. The topological polar surface area (TPSA) is 49.8 Å². The number of anilines is 2. The Bertz CT molecular complexity index is 365. The zero-order chi connectivity index (χ0) is 14.6.